The molecule has 0 bridgehead atoms. The second-order valence-corrected chi connectivity index (χ2v) is 11.7. The van der Waals surface area contributed by atoms with Gasteiger partial charge in [-0.3, -0.25) is 9.88 Å². The lowest BCUT2D eigenvalue weighted by molar-refractivity contribution is -0.202. The smallest absolute Gasteiger partial charge is 0.131 e. The van der Waals surface area contributed by atoms with Crippen molar-refractivity contribution in [3.05, 3.63) is 99.8 Å². The SMILES string of the molecule is COC1(c2ccc(Cl)cc2)CCN(CC/C=C2/c3cc(C(C)(C)O)ccc3OCc3ncccc32)CC1(C)O. The van der Waals surface area contributed by atoms with Gasteiger partial charge < -0.3 is 19.7 Å². The molecular formula is C32H37ClN2O4. The summed E-state index contributed by atoms with van der Waals surface area (Å²) in [4.78, 5) is 6.87. The number of aliphatic hydroxyl groups is 2. The van der Waals surface area contributed by atoms with Crippen LogP contribution in [-0.4, -0.2) is 52.4 Å². The third-order valence-electron chi connectivity index (χ3n) is 8.16. The molecule has 2 unspecified atom stereocenters. The molecule has 2 aromatic carbocycles. The highest BCUT2D eigenvalue weighted by Crippen LogP contribution is 2.44. The number of fused-ring (bicyclic) bond motifs is 2. The van der Waals surface area contributed by atoms with E-state index in [1.54, 1.807) is 27.2 Å². The number of hydrogen-bond acceptors (Lipinski definition) is 6. The molecule has 1 saturated heterocycles. The van der Waals surface area contributed by atoms with E-state index in [9.17, 15) is 10.2 Å². The molecule has 0 radical (unpaired) electrons. The van der Waals surface area contributed by atoms with Crippen LogP contribution in [0.4, 0.5) is 0 Å². The Morgan fingerprint density at radius 3 is 2.62 bits per heavy atom. The topological polar surface area (TPSA) is 75.1 Å². The quantitative estimate of drug-likeness (QED) is 0.413. The molecule has 6 nitrogen and oxygen atoms in total. The van der Waals surface area contributed by atoms with Crippen LogP contribution in [0, 0.1) is 0 Å². The standard InChI is InChI=1S/C32H37ClN2O4/c1-30(2,36)23-11-14-29-27(19-23)25(26-7-5-16-34-28(26)20-39-29)8-6-17-35-18-15-32(38-4,31(3,37)21-35)22-9-12-24(33)13-10-22/h5,7-14,16,19,36-37H,6,15,17-18,20-21H2,1-4H3/b25-8+. The van der Waals surface area contributed by atoms with E-state index in [0.717, 1.165) is 58.8 Å². The zero-order valence-corrected chi connectivity index (χ0v) is 23.8. The minimum atomic E-state index is -1.10. The number of aromatic nitrogens is 1. The molecule has 2 atom stereocenters. The Morgan fingerprint density at radius 2 is 1.92 bits per heavy atom. The van der Waals surface area contributed by atoms with Gasteiger partial charge in [-0.2, -0.15) is 0 Å². The van der Waals surface area contributed by atoms with Gasteiger partial charge in [-0.15, -0.1) is 0 Å². The molecule has 2 N–H and O–H groups in total. The Balaban J connectivity index is 1.40. The van der Waals surface area contributed by atoms with E-state index in [0.29, 0.717) is 24.6 Å². The Morgan fingerprint density at radius 1 is 1.15 bits per heavy atom. The van der Waals surface area contributed by atoms with Crippen LogP contribution in [0.5, 0.6) is 5.75 Å². The van der Waals surface area contributed by atoms with Gasteiger partial charge in [-0.05, 0) is 80.6 Å². The van der Waals surface area contributed by atoms with Gasteiger partial charge in [-0.25, -0.2) is 0 Å². The number of ether oxygens (including phenoxy) is 2. The average Bonchev–Trinajstić information content (AvgIpc) is 3.05. The molecule has 1 aromatic heterocycles. The van der Waals surface area contributed by atoms with E-state index in [2.05, 4.69) is 22.0 Å². The lowest BCUT2D eigenvalue weighted by Gasteiger charge is -2.51. The molecule has 39 heavy (non-hydrogen) atoms. The van der Waals surface area contributed by atoms with Crippen LogP contribution in [-0.2, 0) is 22.5 Å². The minimum absolute atomic E-state index is 0.390. The van der Waals surface area contributed by atoms with E-state index in [4.69, 9.17) is 21.1 Å². The van der Waals surface area contributed by atoms with Crippen molar-refractivity contribution >= 4 is 17.2 Å². The Bertz CT molecular complexity index is 1360. The number of piperidine rings is 1. The summed E-state index contributed by atoms with van der Waals surface area (Å²) in [5.41, 5.74) is 2.82. The maximum atomic E-state index is 11.7. The number of halogens is 1. The van der Waals surface area contributed by atoms with Crippen molar-refractivity contribution in [2.75, 3.05) is 26.7 Å². The van der Waals surface area contributed by atoms with Crippen molar-refractivity contribution in [2.45, 2.75) is 57.0 Å². The first-order valence-electron chi connectivity index (χ1n) is 13.4. The number of hydrogen-bond donors (Lipinski definition) is 2. The predicted octanol–water partition coefficient (Wildman–Crippen LogP) is 5.68. The first-order chi connectivity index (χ1) is 18.5. The lowest BCUT2D eigenvalue weighted by Crippen LogP contribution is -2.62. The van der Waals surface area contributed by atoms with Gasteiger partial charge in [0.15, 0.2) is 0 Å². The summed E-state index contributed by atoms with van der Waals surface area (Å²) >= 11 is 6.12. The number of rotatable bonds is 6. The predicted molar refractivity (Wildman–Crippen MR) is 154 cm³/mol. The number of nitrogens with zero attached hydrogens (tertiary/aromatic N) is 2. The van der Waals surface area contributed by atoms with Crippen LogP contribution in [0.2, 0.25) is 5.02 Å². The normalized spacial score (nSPS) is 24.5. The van der Waals surface area contributed by atoms with E-state index >= 15 is 0 Å². The summed E-state index contributed by atoms with van der Waals surface area (Å²) < 4.78 is 12.2. The van der Waals surface area contributed by atoms with Gasteiger partial charge in [0.05, 0.1) is 11.3 Å². The molecule has 3 aromatic rings. The largest absolute Gasteiger partial charge is 0.487 e. The second-order valence-electron chi connectivity index (χ2n) is 11.3. The molecule has 0 aliphatic carbocycles. The maximum absolute atomic E-state index is 11.7. The van der Waals surface area contributed by atoms with E-state index in [-0.39, 0.29) is 0 Å². The van der Waals surface area contributed by atoms with Gasteiger partial charge in [0.25, 0.3) is 0 Å². The zero-order valence-electron chi connectivity index (χ0n) is 23.1. The first kappa shape index (κ1) is 27.8. The molecule has 0 amide bonds. The third-order valence-corrected chi connectivity index (χ3v) is 8.41. The summed E-state index contributed by atoms with van der Waals surface area (Å²) in [7, 11) is 1.67. The van der Waals surface area contributed by atoms with E-state index in [1.807, 2.05) is 55.5 Å². The zero-order chi connectivity index (χ0) is 27.8. The van der Waals surface area contributed by atoms with E-state index in [1.165, 1.54) is 0 Å². The van der Waals surface area contributed by atoms with Crippen LogP contribution in [0.1, 0.15) is 61.6 Å². The van der Waals surface area contributed by atoms with Crippen molar-refractivity contribution in [1.29, 1.82) is 0 Å². The number of pyridine rings is 1. The highest BCUT2D eigenvalue weighted by atomic mass is 35.5. The minimum Gasteiger partial charge on any atom is -0.487 e. The number of β-amino-alcohol motifs (C(OH)–C–C–N with tert-alkyl or cyclic N) is 1. The van der Waals surface area contributed by atoms with Crippen molar-refractivity contribution < 1.29 is 19.7 Å². The summed E-state index contributed by atoms with van der Waals surface area (Å²) in [6.45, 7) is 7.87. The van der Waals surface area contributed by atoms with Crippen molar-refractivity contribution in [3.8, 4) is 5.75 Å². The molecule has 206 valence electrons. The van der Waals surface area contributed by atoms with Crippen LogP contribution in [0.3, 0.4) is 0 Å². The van der Waals surface area contributed by atoms with Crippen LogP contribution < -0.4 is 4.74 Å². The second kappa shape index (κ2) is 10.7. The molecule has 2 aliphatic heterocycles. The lowest BCUT2D eigenvalue weighted by atomic mass is 9.73. The van der Waals surface area contributed by atoms with Crippen molar-refractivity contribution in [1.82, 2.24) is 9.88 Å². The third kappa shape index (κ3) is 5.37. The summed E-state index contributed by atoms with van der Waals surface area (Å²) in [6.07, 6.45) is 5.45. The fourth-order valence-electron chi connectivity index (χ4n) is 5.98. The van der Waals surface area contributed by atoms with Crippen LogP contribution in [0.25, 0.3) is 5.57 Å². The highest BCUT2D eigenvalue weighted by Gasteiger charge is 2.52. The average molecular weight is 549 g/mol. The number of likely N-dealkylation sites (tertiary alicyclic amines) is 1. The van der Waals surface area contributed by atoms with Crippen LogP contribution >= 0.6 is 11.6 Å². The summed E-state index contributed by atoms with van der Waals surface area (Å²) in [5.74, 6) is 0.779. The fraction of sp³-hybridized carbons (Fsp3) is 0.406. The Hall–Kier alpha value is -2.74. The molecule has 2 aliphatic rings. The molecule has 7 heteroatoms. The van der Waals surface area contributed by atoms with Crippen molar-refractivity contribution in [3.63, 3.8) is 0 Å². The van der Waals surface area contributed by atoms with Crippen molar-refractivity contribution in [2.24, 2.45) is 0 Å². The molecule has 5 rings (SSSR count). The highest BCUT2D eigenvalue weighted by molar-refractivity contribution is 6.30. The van der Waals surface area contributed by atoms with E-state index < -0.39 is 16.8 Å². The number of benzene rings is 2. The number of methoxy groups -OCH3 is 1. The van der Waals surface area contributed by atoms with Gasteiger partial charge in [0, 0.05) is 49.1 Å². The molecule has 1 fully saturated rings. The molecule has 0 spiro atoms. The maximum Gasteiger partial charge on any atom is 0.131 e. The molecule has 3 heterocycles. The molecule has 0 saturated carbocycles. The molecular weight excluding hydrogens is 512 g/mol. The Kier molecular flexibility index (Phi) is 7.61. The van der Waals surface area contributed by atoms with Crippen LogP contribution in [0.15, 0.2) is 66.9 Å². The van der Waals surface area contributed by atoms with Gasteiger partial charge in [0.1, 0.15) is 23.6 Å². The Labute approximate surface area is 235 Å². The monoisotopic (exact) mass is 548 g/mol. The van der Waals surface area contributed by atoms with Gasteiger partial charge >= 0.3 is 0 Å². The summed E-state index contributed by atoms with van der Waals surface area (Å²) in [5, 5.41) is 23.0. The fourth-order valence-corrected chi connectivity index (χ4v) is 6.11. The first-order valence-corrected chi connectivity index (χ1v) is 13.8. The summed E-state index contributed by atoms with van der Waals surface area (Å²) in [6, 6.07) is 17.5. The van der Waals surface area contributed by atoms with Gasteiger partial charge in [-0.1, -0.05) is 41.9 Å². The van der Waals surface area contributed by atoms with Gasteiger partial charge in [0.2, 0.25) is 0 Å².